The van der Waals surface area contributed by atoms with Gasteiger partial charge in [-0.15, -0.1) is 0 Å². The summed E-state index contributed by atoms with van der Waals surface area (Å²) in [4.78, 5) is 7.87. The molecule has 1 unspecified atom stereocenters. The highest BCUT2D eigenvalue weighted by Gasteiger charge is 2.20. The number of nitrogens with two attached hydrogens (primary N) is 1. The normalized spacial score (nSPS) is 14.1. The van der Waals surface area contributed by atoms with Crippen molar-refractivity contribution in [3.8, 4) is 5.75 Å². The quantitative estimate of drug-likeness (QED) is 0.687. The Morgan fingerprint density at radius 1 is 1.53 bits per heavy atom. The topological polar surface area (TPSA) is 93.3 Å². The molecule has 0 aliphatic heterocycles. The molecule has 0 amide bonds. The van der Waals surface area contributed by atoms with Crippen LogP contribution in [-0.4, -0.2) is 34.3 Å². The molecule has 0 saturated carbocycles. The van der Waals surface area contributed by atoms with E-state index in [1.807, 2.05) is 6.92 Å². The van der Waals surface area contributed by atoms with Gasteiger partial charge < -0.3 is 20.9 Å². The summed E-state index contributed by atoms with van der Waals surface area (Å²) in [6, 6.07) is 0. The number of hydrogen-bond donors (Lipinski definition) is 3. The second-order valence-electron chi connectivity index (χ2n) is 4.24. The minimum atomic E-state index is -0.778. The highest BCUT2D eigenvalue weighted by molar-refractivity contribution is 5.61. The molecule has 0 aromatic carbocycles. The number of aromatic nitrogens is 2. The van der Waals surface area contributed by atoms with Gasteiger partial charge in [0.1, 0.15) is 6.33 Å². The van der Waals surface area contributed by atoms with E-state index >= 15 is 0 Å². The Hall–Kier alpha value is -1.56. The van der Waals surface area contributed by atoms with Crippen LogP contribution in [0.25, 0.3) is 0 Å². The van der Waals surface area contributed by atoms with Gasteiger partial charge in [-0.3, -0.25) is 0 Å². The Balaban J connectivity index is 2.72. The molecule has 0 fully saturated rings. The molecule has 1 aromatic heterocycles. The van der Waals surface area contributed by atoms with E-state index in [4.69, 9.17) is 10.5 Å². The number of nitrogen functional groups attached to an aromatic ring is 1. The molecule has 6 nitrogen and oxygen atoms in total. The van der Waals surface area contributed by atoms with Crippen molar-refractivity contribution in [3.63, 3.8) is 0 Å². The largest absolute Gasteiger partial charge is 0.490 e. The van der Waals surface area contributed by atoms with Crippen LogP contribution >= 0.6 is 0 Å². The molecule has 1 aromatic rings. The minimum Gasteiger partial charge on any atom is -0.490 e. The predicted molar refractivity (Wildman–Crippen MR) is 67.0 cm³/mol. The Morgan fingerprint density at radius 2 is 2.24 bits per heavy atom. The Labute approximate surface area is 101 Å². The number of nitrogens with zero attached hydrogens (tertiary/aromatic N) is 2. The van der Waals surface area contributed by atoms with Crippen LogP contribution in [0.2, 0.25) is 0 Å². The highest BCUT2D eigenvalue weighted by atomic mass is 16.5. The first-order valence-corrected chi connectivity index (χ1v) is 5.61. The van der Waals surface area contributed by atoms with Crippen molar-refractivity contribution in [2.45, 2.75) is 32.3 Å². The summed E-state index contributed by atoms with van der Waals surface area (Å²) in [5.74, 6) is 1.18. The fraction of sp³-hybridized carbons (Fsp3) is 0.636. The maximum Gasteiger partial charge on any atom is 0.203 e. The van der Waals surface area contributed by atoms with Crippen LogP contribution in [0.15, 0.2) is 6.33 Å². The van der Waals surface area contributed by atoms with Crippen LogP contribution in [0.4, 0.5) is 11.6 Å². The second kappa shape index (κ2) is 5.67. The lowest BCUT2D eigenvalue weighted by atomic mass is 10.0. The smallest absolute Gasteiger partial charge is 0.203 e. The number of hydrogen-bond acceptors (Lipinski definition) is 6. The number of aliphatic hydroxyl groups is 1. The van der Waals surface area contributed by atoms with Gasteiger partial charge in [-0.25, -0.2) is 9.97 Å². The van der Waals surface area contributed by atoms with Crippen molar-refractivity contribution in [2.75, 3.05) is 24.7 Å². The molecule has 0 spiro atoms. The molecule has 1 rings (SSSR count). The van der Waals surface area contributed by atoms with E-state index in [0.29, 0.717) is 24.5 Å². The van der Waals surface area contributed by atoms with Gasteiger partial charge in [0.05, 0.1) is 12.7 Å². The van der Waals surface area contributed by atoms with Crippen LogP contribution in [0, 0.1) is 0 Å². The first-order chi connectivity index (χ1) is 8.00. The van der Waals surface area contributed by atoms with Crippen LogP contribution in [-0.2, 0) is 0 Å². The molecule has 96 valence electrons. The molecular weight excluding hydrogens is 220 g/mol. The third-order valence-corrected chi connectivity index (χ3v) is 2.46. The van der Waals surface area contributed by atoms with Gasteiger partial charge in [-0.05, 0) is 13.3 Å². The zero-order valence-electron chi connectivity index (χ0n) is 10.5. The second-order valence-corrected chi connectivity index (χ2v) is 4.24. The molecule has 0 aliphatic rings. The van der Waals surface area contributed by atoms with Crippen molar-refractivity contribution in [1.29, 1.82) is 0 Å². The van der Waals surface area contributed by atoms with Gasteiger partial charge in [0.2, 0.25) is 5.75 Å². The zero-order valence-corrected chi connectivity index (χ0v) is 10.5. The lowest BCUT2D eigenvalue weighted by molar-refractivity contribution is 0.0635. The molecule has 0 saturated heterocycles. The average molecular weight is 240 g/mol. The van der Waals surface area contributed by atoms with Crippen LogP contribution in [0.5, 0.6) is 5.75 Å². The van der Waals surface area contributed by atoms with Crippen molar-refractivity contribution >= 4 is 11.6 Å². The van der Waals surface area contributed by atoms with Crippen LogP contribution in [0.1, 0.15) is 26.7 Å². The summed E-state index contributed by atoms with van der Waals surface area (Å²) in [5, 5.41) is 13.1. The summed E-state index contributed by atoms with van der Waals surface area (Å²) < 4.78 is 5.11. The number of ether oxygens (including phenoxy) is 1. The van der Waals surface area contributed by atoms with Crippen molar-refractivity contribution in [2.24, 2.45) is 0 Å². The molecule has 4 N–H and O–H groups in total. The Morgan fingerprint density at radius 3 is 2.82 bits per heavy atom. The summed E-state index contributed by atoms with van der Waals surface area (Å²) in [6.07, 6.45) is 2.98. The van der Waals surface area contributed by atoms with E-state index in [1.165, 1.54) is 13.4 Å². The number of methoxy groups -OCH3 is 1. The number of nitrogens with one attached hydrogen (secondary N) is 1. The Kier molecular flexibility index (Phi) is 4.51. The van der Waals surface area contributed by atoms with Crippen molar-refractivity contribution in [1.82, 2.24) is 9.97 Å². The number of rotatable bonds is 6. The molecular formula is C11H20N4O2. The van der Waals surface area contributed by atoms with E-state index in [9.17, 15) is 5.11 Å². The van der Waals surface area contributed by atoms with E-state index in [0.717, 1.165) is 6.42 Å². The molecule has 17 heavy (non-hydrogen) atoms. The standard InChI is InChI=1S/C11H20N4O2/c1-4-5-11(2,16)6-13-10-8(17-3)9(12)14-7-15-10/h7,16H,4-6H2,1-3H3,(H3,12,13,14,15). The minimum absolute atomic E-state index is 0.278. The van der Waals surface area contributed by atoms with E-state index < -0.39 is 5.60 Å². The van der Waals surface area contributed by atoms with Crippen LogP contribution in [0.3, 0.4) is 0 Å². The molecule has 0 radical (unpaired) electrons. The van der Waals surface area contributed by atoms with E-state index in [-0.39, 0.29) is 5.82 Å². The van der Waals surface area contributed by atoms with Crippen molar-refractivity contribution < 1.29 is 9.84 Å². The summed E-state index contributed by atoms with van der Waals surface area (Å²) >= 11 is 0. The third kappa shape index (κ3) is 3.74. The zero-order chi connectivity index (χ0) is 12.9. The van der Waals surface area contributed by atoms with Crippen LogP contribution < -0.4 is 15.8 Å². The SMILES string of the molecule is CCCC(C)(O)CNc1ncnc(N)c1OC. The first kappa shape index (κ1) is 13.5. The molecule has 6 heteroatoms. The van der Waals surface area contributed by atoms with E-state index in [2.05, 4.69) is 15.3 Å². The van der Waals surface area contributed by atoms with Gasteiger partial charge in [0.15, 0.2) is 11.6 Å². The lowest BCUT2D eigenvalue weighted by Gasteiger charge is -2.23. The molecule has 1 atom stereocenters. The molecule has 1 heterocycles. The summed E-state index contributed by atoms with van der Waals surface area (Å²) in [5.41, 5.74) is 4.87. The average Bonchev–Trinajstić information content (AvgIpc) is 2.26. The summed E-state index contributed by atoms with van der Waals surface area (Å²) in [6.45, 7) is 4.19. The maximum atomic E-state index is 10.0. The molecule has 0 bridgehead atoms. The fourth-order valence-corrected chi connectivity index (χ4v) is 1.62. The number of anilines is 2. The predicted octanol–water partition coefficient (Wildman–Crippen LogP) is 1.03. The van der Waals surface area contributed by atoms with Gasteiger partial charge >= 0.3 is 0 Å². The molecule has 0 aliphatic carbocycles. The van der Waals surface area contributed by atoms with Crippen molar-refractivity contribution in [3.05, 3.63) is 6.33 Å². The maximum absolute atomic E-state index is 10.0. The Bertz CT molecular complexity index is 368. The van der Waals surface area contributed by atoms with Gasteiger partial charge in [-0.2, -0.15) is 0 Å². The van der Waals surface area contributed by atoms with Gasteiger partial charge in [0, 0.05) is 6.54 Å². The monoisotopic (exact) mass is 240 g/mol. The first-order valence-electron chi connectivity index (χ1n) is 5.61. The summed E-state index contributed by atoms with van der Waals surface area (Å²) in [7, 11) is 1.50. The highest BCUT2D eigenvalue weighted by Crippen LogP contribution is 2.26. The fourth-order valence-electron chi connectivity index (χ4n) is 1.62. The van der Waals surface area contributed by atoms with Gasteiger partial charge in [0.25, 0.3) is 0 Å². The lowest BCUT2D eigenvalue weighted by Crippen LogP contribution is -2.33. The third-order valence-electron chi connectivity index (χ3n) is 2.46. The van der Waals surface area contributed by atoms with E-state index in [1.54, 1.807) is 6.92 Å². The van der Waals surface area contributed by atoms with Gasteiger partial charge in [-0.1, -0.05) is 13.3 Å².